The molecule has 4 saturated heterocycles. The molecule has 9 heteroatoms. The molecule has 4 amide bonds. The third-order valence-electron chi connectivity index (χ3n) is 8.49. The molecule has 0 radical (unpaired) electrons. The normalized spacial score (nSPS) is 26.7. The van der Waals surface area contributed by atoms with Crippen LogP contribution in [0.1, 0.15) is 50.0 Å². The molecule has 0 unspecified atom stereocenters. The maximum Gasteiger partial charge on any atom is 0.320 e. The first-order valence-corrected chi connectivity index (χ1v) is 14.3. The van der Waals surface area contributed by atoms with Crippen molar-refractivity contribution in [2.45, 2.75) is 63.5 Å². The van der Waals surface area contributed by atoms with Crippen molar-refractivity contribution in [3.63, 3.8) is 0 Å². The van der Waals surface area contributed by atoms with E-state index in [0.29, 0.717) is 56.1 Å². The van der Waals surface area contributed by atoms with Gasteiger partial charge in [0.25, 0.3) is 0 Å². The zero-order chi connectivity index (χ0) is 24.6. The number of piperidine rings is 4. The van der Waals surface area contributed by atoms with E-state index in [2.05, 4.69) is 21.3 Å². The number of nitrogens with one attached hydrogen (secondary N) is 1. The van der Waals surface area contributed by atoms with E-state index >= 15 is 0 Å². The number of rotatable bonds is 4. The minimum atomic E-state index is 0.0643. The van der Waals surface area contributed by atoms with E-state index in [-0.39, 0.29) is 18.0 Å². The highest BCUT2D eigenvalue weighted by atomic mass is 32.1. The Hall–Kier alpha value is -2.68. The molecule has 0 spiro atoms. The van der Waals surface area contributed by atoms with Gasteiger partial charge in [-0.3, -0.25) is 9.59 Å². The molecule has 4 fully saturated rings. The van der Waals surface area contributed by atoms with Crippen molar-refractivity contribution in [3.8, 4) is 0 Å². The predicted molar refractivity (Wildman–Crippen MR) is 139 cm³/mol. The molecule has 1 N–H and O–H groups in total. The topological polar surface area (TPSA) is 85.9 Å². The first-order chi connectivity index (χ1) is 17.5. The Labute approximate surface area is 216 Å². The molecule has 1 aromatic heterocycles. The highest BCUT2D eigenvalue weighted by Crippen LogP contribution is 2.38. The summed E-state index contributed by atoms with van der Waals surface area (Å²) in [7, 11) is 0. The van der Waals surface area contributed by atoms with Crippen molar-refractivity contribution in [2.24, 2.45) is 11.8 Å². The second kappa shape index (κ2) is 10.00. The number of nitrogens with zero attached hydrogens (tertiary/aromatic N) is 4. The summed E-state index contributed by atoms with van der Waals surface area (Å²) in [5.74, 6) is 1.19. The van der Waals surface area contributed by atoms with Crippen LogP contribution < -0.4 is 5.32 Å². The summed E-state index contributed by atoms with van der Waals surface area (Å²) in [6.45, 7) is 3.71. The molecular weight excluding hydrogens is 474 g/mol. The second-order valence-electron chi connectivity index (χ2n) is 11.0. The average Bonchev–Trinajstić information content (AvgIpc) is 3.31. The van der Waals surface area contributed by atoms with Crippen LogP contribution >= 0.6 is 11.3 Å². The highest BCUT2D eigenvalue weighted by molar-refractivity contribution is 7.18. The lowest BCUT2D eigenvalue weighted by Gasteiger charge is -2.53. The molecule has 0 saturated carbocycles. The van der Waals surface area contributed by atoms with Gasteiger partial charge in [0, 0.05) is 64.1 Å². The van der Waals surface area contributed by atoms with Gasteiger partial charge in [-0.25, -0.2) is 9.78 Å². The highest BCUT2D eigenvalue weighted by Gasteiger charge is 2.45. The van der Waals surface area contributed by atoms with Gasteiger partial charge in [-0.15, -0.1) is 11.3 Å². The Kier molecular flexibility index (Phi) is 6.58. The number of carbonyl (C=O) groups is 3. The lowest BCUT2D eigenvalue weighted by Crippen LogP contribution is -2.62. The number of thiazole rings is 1. The van der Waals surface area contributed by atoms with E-state index in [1.54, 1.807) is 11.3 Å². The summed E-state index contributed by atoms with van der Waals surface area (Å²) in [6.07, 6.45) is 6.58. The fourth-order valence-corrected chi connectivity index (χ4v) is 7.70. The van der Waals surface area contributed by atoms with Crippen LogP contribution in [-0.2, 0) is 16.0 Å². The Bertz CT molecular complexity index is 1110. The van der Waals surface area contributed by atoms with Crippen LogP contribution in [0.3, 0.4) is 0 Å². The van der Waals surface area contributed by atoms with Gasteiger partial charge in [0.05, 0.1) is 15.2 Å². The van der Waals surface area contributed by atoms with Crippen molar-refractivity contribution < 1.29 is 14.4 Å². The number of amides is 4. The number of aryl methyl sites for hydroxylation is 1. The van der Waals surface area contributed by atoms with Gasteiger partial charge in [-0.05, 0) is 56.1 Å². The van der Waals surface area contributed by atoms with Gasteiger partial charge in [-0.1, -0.05) is 12.1 Å². The molecule has 4 aliphatic rings. The number of hydrogen-bond donors (Lipinski definition) is 1. The smallest absolute Gasteiger partial charge is 0.320 e. The summed E-state index contributed by atoms with van der Waals surface area (Å²) >= 11 is 1.66. The molecule has 36 heavy (non-hydrogen) atoms. The van der Waals surface area contributed by atoms with Crippen LogP contribution in [0.2, 0.25) is 0 Å². The maximum atomic E-state index is 13.3. The molecule has 0 aliphatic carbocycles. The van der Waals surface area contributed by atoms with Crippen LogP contribution in [0, 0.1) is 11.8 Å². The largest absolute Gasteiger partial charge is 0.353 e. The van der Waals surface area contributed by atoms with E-state index in [9.17, 15) is 14.4 Å². The Morgan fingerprint density at radius 2 is 1.89 bits per heavy atom. The first kappa shape index (κ1) is 23.7. The summed E-state index contributed by atoms with van der Waals surface area (Å²) < 4.78 is 1.16. The molecule has 6 rings (SSSR count). The van der Waals surface area contributed by atoms with Crippen LogP contribution in [0.25, 0.3) is 10.2 Å². The quantitative estimate of drug-likeness (QED) is 0.686. The van der Waals surface area contributed by atoms with Gasteiger partial charge < -0.3 is 20.0 Å². The summed E-state index contributed by atoms with van der Waals surface area (Å²) in [5, 5.41) is 4.18. The zero-order valence-electron chi connectivity index (χ0n) is 20.7. The fourth-order valence-electron chi connectivity index (χ4n) is 6.73. The molecule has 8 nitrogen and oxygen atoms in total. The van der Waals surface area contributed by atoms with Crippen LogP contribution in [0.5, 0.6) is 0 Å². The van der Waals surface area contributed by atoms with Crippen molar-refractivity contribution in [1.29, 1.82) is 0 Å². The van der Waals surface area contributed by atoms with E-state index in [4.69, 9.17) is 0 Å². The lowest BCUT2D eigenvalue weighted by molar-refractivity contribution is -0.144. The first-order valence-electron chi connectivity index (χ1n) is 13.5. The lowest BCUT2D eigenvalue weighted by atomic mass is 9.76. The SMILES string of the molecule is O=C(CCc1nc2ccccc2s1)NC1CCN(C(=O)N2C[C@H]3C[C@H](C2)[C@H]2CCCC(=O)N2C3)CC1. The van der Waals surface area contributed by atoms with Gasteiger partial charge >= 0.3 is 6.03 Å². The average molecular weight is 510 g/mol. The van der Waals surface area contributed by atoms with Crippen molar-refractivity contribution in [1.82, 2.24) is 25.0 Å². The zero-order valence-corrected chi connectivity index (χ0v) is 21.5. The summed E-state index contributed by atoms with van der Waals surface area (Å²) in [6, 6.07) is 8.65. The van der Waals surface area contributed by atoms with Gasteiger partial charge in [-0.2, -0.15) is 0 Å². The van der Waals surface area contributed by atoms with Crippen molar-refractivity contribution in [3.05, 3.63) is 29.3 Å². The molecule has 5 heterocycles. The van der Waals surface area contributed by atoms with E-state index in [1.807, 2.05) is 28.0 Å². The van der Waals surface area contributed by atoms with E-state index < -0.39 is 0 Å². The Morgan fingerprint density at radius 1 is 1.06 bits per heavy atom. The fraction of sp³-hybridized carbons (Fsp3) is 0.630. The van der Waals surface area contributed by atoms with Crippen LogP contribution in [0.4, 0.5) is 4.79 Å². The molecule has 2 aromatic rings. The van der Waals surface area contributed by atoms with Crippen molar-refractivity contribution in [2.75, 3.05) is 32.7 Å². The number of carbonyl (C=O) groups excluding carboxylic acids is 3. The third-order valence-corrected chi connectivity index (χ3v) is 9.58. The Morgan fingerprint density at radius 3 is 2.72 bits per heavy atom. The number of aromatic nitrogens is 1. The molecule has 2 bridgehead atoms. The van der Waals surface area contributed by atoms with Crippen molar-refractivity contribution >= 4 is 39.4 Å². The predicted octanol–water partition coefficient (Wildman–Crippen LogP) is 3.26. The molecule has 192 valence electrons. The maximum absolute atomic E-state index is 13.3. The van der Waals surface area contributed by atoms with Gasteiger partial charge in [0.2, 0.25) is 11.8 Å². The second-order valence-corrected chi connectivity index (χ2v) is 12.1. The van der Waals surface area contributed by atoms with Crippen LogP contribution in [-0.4, -0.2) is 82.3 Å². The molecule has 3 atom stereocenters. The molecular formula is C27H35N5O3S. The van der Waals surface area contributed by atoms with E-state index in [1.165, 1.54) is 0 Å². The minimum absolute atomic E-state index is 0.0643. The standard InChI is InChI=1S/C27H35N5O3S/c33-24(8-9-25-29-21-4-1-2-6-23(21)36-25)28-20-10-12-30(13-11-20)27(35)31-15-18-14-19(17-31)22-5-3-7-26(34)32(22)16-18/h1-2,4,6,18-20,22H,3,5,7-17H2,(H,28,33)/t18-,19-,22-/m1/s1. The molecule has 4 aliphatic heterocycles. The third kappa shape index (κ3) is 4.82. The number of urea groups is 1. The van der Waals surface area contributed by atoms with Gasteiger partial charge in [0.15, 0.2) is 0 Å². The minimum Gasteiger partial charge on any atom is -0.353 e. The number of likely N-dealkylation sites (tertiary alicyclic amines) is 2. The van der Waals surface area contributed by atoms with E-state index in [0.717, 1.165) is 67.0 Å². The monoisotopic (exact) mass is 509 g/mol. The van der Waals surface area contributed by atoms with Gasteiger partial charge in [0.1, 0.15) is 0 Å². The number of para-hydroxylation sites is 1. The van der Waals surface area contributed by atoms with Crippen LogP contribution in [0.15, 0.2) is 24.3 Å². The Balaban J connectivity index is 0.963. The molecule has 1 aromatic carbocycles. The number of hydrogen-bond acceptors (Lipinski definition) is 5. The summed E-state index contributed by atoms with van der Waals surface area (Å²) in [5.41, 5.74) is 0.997. The summed E-state index contributed by atoms with van der Waals surface area (Å²) in [4.78, 5) is 49.1. The number of benzene rings is 1. The number of fused-ring (bicyclic) bond motifs is 5.